The van der Waals surface area contributed by atoms with Crippen LogP contribution in [0.3, 0.4) is 0 Å². The Kier molecular flexibility index (Phi) is 6.46. The fraction of sp³-hybridized carbons (Fsp3) is 0.545. The van der Waals surface area contributed by atoms with E-state index in [1.807, 2.05) is 10.8 Å². The second-order valence-electron chi connectivity index (χ2n) is 8.36. The number of benzene rings is 1. The number of rotatable bonds is 8. The molecule has 0 radical (unpaired) electrons. The monoisotopic (exact) mass is 418 g/mol. The zero-order valence-electron chi connectivity index (χ0n) is 17.6. The van der Waals surface area contributed by atoms with Gasteiger partial charge in [0.25, 0.3) is 0 Å². The van der Waals surface area contributed by atoms with E-state index in [4.69, 9.17) is 4.74 Å². The molecule has 7 heteroatoms. The summed E-state index contributed by atoms with van der Waals surface area (Å²) in [5, 5.41) is -0.489. The van der Waals surface area contributed by atoms with E-state index < -0.39 is 15.1 Å². The van der Waals surface area contributed by atoms with E-state index in [-0.39, 0.29) is 23.6 Å². The summed E-state index contributed by atoms with van der Waals surface area (Å²) in [6, 6.07) is 3.57. The molecular formula is C22H30N2O4S. The zero-order chi connectivity index (χ0) is 21.2. The van der Waals surface area contributed by atoms with Crippen LogP contribution in [-0.4, -0.2) is 35.1 Å². The van der Waals surface area contributed by atoms with E-state index in [1.165, 1.54) is 0 Å². The molecule has 1 aromatic carbocycles. The van der Waals surface area contributed by atoms with Crippen LogP contribution < -0.4 is 4.74 Å². The lowest BCUT2D eigenvalue weighted by Gasteiger charge is -2.27. The first-order chi connectivity index (χ1) is 13.7. The second-order valence-corrected chi connectivity index (χ2v) is 10.9. The minimum atomic E-state index is -3.34. The summed E-state index contributed by atoms with van der Waals surface area (Å²) in [5.74, 6) is 0.762. The van der Waals surface area contributed by atoms with Crippen LogP contribution in [0.25, 0.3) is 0 Å². The van der Waals surface area contributed by atoms with Crippen molar-refractivity contribution in [1.82, 2.24) is 9.55 Å². The number of hydrogen-bond acceptors (Lipinski definition) is 5. The number of ether oxygens (including phenoxy) is 1. The van der Waals surface area contributed by atoms with Crippen LogP contribution in [0, 0.1) is 5.92 Å². The van der Waals surface area contributed by atoms with Crippen molar-refractivity contribution in [3.8, 4) is 5.75 Å². The van der Waals surface area contributed by atoms with Gasteiger partial charge in [0.2, 0.25) is 0 Å². The molecule has 0 amide bonds. The molecule has 1 heterocycles. The van der Waals surface area contributed by atoms with E-state index in [9.17, 15) is 13.2 Å². The summed E-state index contributed by atoms with van der Waals surface area (Å²) in [4.78, 5) is 16.5. The second kappa shape index (κ2) is 8.69. The van der Waals surface area contributed by atoms with E-state index in [0.717, 1.165) is 12.0 Å². The topological polar surface area (TPSA) is 78.3 Å². The standard InChI is InChI=1S/C22H30N2O4S/c1-15(2)22(12-24-11-10-23-14-24)28-21-9-8-18-17(6-5-7-20(18)25)19(21)13-29(26,27)16(3)4/h8-11,14-16,22H,5-7,12-13H2,1-4H3. The minimum Gasteiger partial charge on any atom is -0.488 e. The zero-order valence-corrected chi connectivity index (χ0v) is 18.4. The van der Waals surface area contributed by atoms with Gasteiger partial charge in [-0.2, -0.15) is 0 Å². The van der Waals surface area contributed by atoms with Gasteiger partial charge in [0.05, 0.1) is 23.9 Å². The Bertz CT molecular complexity index is 963. The normalized spacial score (nSPS) is 15.6. The van der Waals surface area contributed by atoms with Gasteiger partial charge in [-0.15, -0.1) is 0 Å². The highest BCUT2D eigenvalue weighted by molar-refractivity contribution is 7.91. The molecule has 0 N–H and O–H groups in total. The first-order valence-electron chi connectivity index (χ1n) is 10.2. The molecule has 0 saturated carbocycles. The molecule has 1 aliphatic carbocycles. The fourth-order valence-electron chi connectivity index (χ4n) is 3.56. The maximum atomic E-state index is 12.7. The third kappa shape index (κ3) is 4.89. The Hall–Kier alpha value is -2.15. The Morgan fingerprint density at radius 3 is 2.55 bits per heavy atom. The maximum Gasteiger partial charge on any atom is 0.163 e. The van der Waals surface area contributed by atoms with Crippen LogP contribution in [-0.2, 0) is 28.6 Å². The third-order valence-electron chi connectivity index (χ3n) is 5.55. The molecule has 1 unspecified atom stereocenters. The van der Waals surface area contributed by atoms with E-state index in [1.54, 1.807) is 38.5 Å². The number of aromatic nitrogens is 2. The molecule has 0 fully saturated rings. The van der Waals surface area contributed by atoms with Crippen LogP contribution in [0.2, 0.25) is 0 Å². The number of Topliss-reactive ketones (excluding diaryl/α,β-unsaturated/α-hetero) is 1. The summed E-state index contributed by atoms with van der Waals surface area (Å²) in [6.07, 6.45) is 7.16. The van der Waals surface area contributed by atoms with Gasteiger partial charge in [-0.1, -0.05) is 13.8 Å². The molecular weight excluding hydrogens is 388 g/mol. The van der Waals surface area contributed by atoms with Crippen molar-refractivity contribution in [3.63, 3.8) is 0 Å². The Morgan fingerprint density at radius 2 is 1.93 bits per heavy atom. The fourth-order valence-corrected chi connectivity index (χ4v) is 4.62. The van der Waals surface area contributed by atoms with Crippen LogP contribution in [0.1, 0.15) is 62.0 Å². The van der Waals surface area contributed by atoms with Crippen molar-refractivity contribution in [2.24, 2.45) is 5.92 Å². The highest BCUT2D eigenvalue weighted by Crippen LogP contribution is 2.34. The predicted molar refractivity (Wildman–Crippen MR) is 113 cm³/mol. The van der Waals surface area contributed by atoms with Crippen molar-refractivity contribution in [1.29, 1.82) is 0 Å². The summed E-state index contributed by atoms with van der Waals surface area (Å²) < 4.78 is 33.8. The number of hydrogen-bond donors (Lipinski definition) is 0. The lowest BCUT2D eigenvalue weighted by Crippen LogP contribution is -2.29. The van der Waals surface area contributed by atoms with Gasteiger partial charge in [-0.25, -0.2) is 13.4 Å². The number of carbonyl (C=O) groups is 1. The summed E-state index contributed by atoms with van der Waals surface area (Å²) in [6.45, 7) is 8.14. The molecule has 1 atom stereocenters. The molecule has 0 spiro atoms. The van der Waals surface area contributed by atoms with Crippen molar-refractivity contribution < 1.29 is 17.9 Å². The van der Waals surface area contributed by atoms with Crippen molar-refractivity contribution in [2.75, 3.05) is 0 Å². The number of ketones is 1. The highest BCUT2D eigenvalue weighted by Gasteiger charge is 2.28. The van der Waals surface area contributed by atoms with Crippen molar-refractivity contribution >= 4 is 15.6 Å². The smallest absolute Gasteiger partial charge is 0.163 e. The Morgan fingerprint density at radius 1 is 1.17 bits per heavy atom. The van der Waals surface area contributed by atoms with Gasteiger partial charge in [0, 0.05) is 29.9 Å². The van der Waals surface area contributed by atoms with Gasteiger partial charge < -0.3 is 9.30 Å². The largest absolute Gasteiger partial charge is 0.488 e. The Labute approximate surface area is 173 Å². The molecule has 0 aliphatic heterocycles. The first-order valence-corrected chi connectivity index (χ1v) is 11.9. The molecule has 1 aliphatic rings. The van der Waals surface area contributed by atoms with Crippen molar-refractivity contribution in [2.45, 2.75) is 70.6 Å². The molecule has 0 saturated heterocycles. The molecule has 6 nitrogen and oxygen atoms in total. The Balaban J connectivity index is 2.01. The highest BCUT2D eigenvalue weighted by atomic mass is 32.2. The van der Waals surface area contributed by atoms with Gasteiger partial charge >= 0.3 is 0 Å². The quantitative estimate of drug-likeness (QED) is 0.651. The lowest BCUT2D eigenvalue weighted by molar-refractivity contribution is 0.0971. The third-order valence-corrected chi connectivity index (χ3v) is 7.68. The van der Waals surface area contributed by atoms with E-state index in [0.29, 0.717) is 36.3 Å². The van der Waals surface area contributed by atoms with Crippen LogP contribution >= 0.6 is 0 Å². The van der Waals surface area contributed by atoms with Crippen LogP contribution in [0.15, 0.2) is 30.9 Å². The van der Waals surface area contributed by atoms with Gasteiger partial charge in [0.15, 0.2) is 15.6 Å². The first kappa shape index (κ1) is 21.6. The average molecular weight is 419 g/mol. The van der Waals surface area contributed by atoms with Gasteiger partial charge in [0.1, 0.15) is 11.9 Å². The molecule has 158 valence electrons. The van der Waals surface area contributed by atoms with Gasteiger partial charge in [-0.05, 0) is 50.3 Å². The number of sulfone groups is 1. The summed E-state index contributed by atoms with van der Waals surface area (Å²) >= 11 is 0. The van der Waals surface area contributed by atoms with Crippen LogP contribution in [0.5, 0.6) is 5.75 Å². The predicted octanol–water partition coefficient (Wildman–Crippen LogP) is 3.83. The number of fused-ring (bicyclic) bond motifs is 1. The minimum absolute atomic E-state index is 0.0832. The number of nitrogens with zero attached hydrogens (tertiary/aromatic N) is 2. The molecule has 0 bridgehead atoms. The molecule has 3 rings (SSSR count). The lowest BCUT2D eigenvalue weighted by atomic mass is 9.87. The maximum absolute atomic E-state index is 12.7. The van der Waals surface area contributed by atoms with Crippen LogP contribution in [0.4, 0.5) is 0 Å². The van der Waals surface area contributed by atoms with Crippen molar-refractivity contribution in [3.05, 3.63) is 47.5 Å². The SMILES string of the molecule is CC(C)C(Cn1ccnc1)Oc1ccc2c(c1CS(=O)(=O)C(C)C)CCCC2=O. The molecule has 2 aromatic rings. The average Bonchev–Trinajstić information content (AvgIpc) is 3.16. The van der Waals surface area contributed by atoms with E-state index in [2.05, 4.69) is 18.8 Å². The summed E-state index contributed by atoms with van der Waals surface area (Å²) in [5.41, 5.74) is 2.14. The van der Waals surface area contributed by atoms with Gasteiger partial charge in [-0.3, -0.25) is 4.79 Å². The number of carbonyl (C=O) groups excluding carboxylic acids is 1. The molecule has 29 heavy (non-hydrogen) atoms. The number of imidazole rings is 1. The summed E-state index contributed by atoms with van der Waals surface area (Å²) in [7, 11) is -3.34. The molecule has 1 aromatic heterocycles. The van der Waals surface area contributed by atoms with E-state index >= 15 is 0 Å².